The van der Waals surface area contributed by atoms with Crippen molar-refractivity contribution in [3.05, 3.63) is 34.9 Å². The highest BCUT2D eigenvalue weighted by Crippen LogP contribution is 2.20. The van der Waals surface area contributed by atoms with Crippen molar-refractivity contribution in [2.45, 2.75) is 33.2 Å². The fraction of sp³-hybridized carbons (Fsp3) is 0.588. The largest absolute Gasteiger partial charge is 0.480 e. The molecule has 0 amide bonds. The summed E-state index contributed by atoms with van der Waals surface area (Å²) >= 11 is 0. The zero-order valence-electron chi connectivity index (χ0n) is 13.1. The molecular weight excluding hydrogens is 264 g/mol. The van der Waals surface area contributed by atoms with Crippen molar-refractivity contribution < 1.29 is 9.90 Å². The second kappa shape index (κ2) is 7.57. The normalized spacial score (nSPS) is 19.6. The van der Waals surface area contributed by atoms with Crippen LogP contribution >= 0.6 is 0 Å². The standard InChI is InChI=1S/C17H26N2O2/c1-13-5-6-14(2)16(8-13)12-19-7-3-4-15(11-19)9-18-10-17(20)21/h5-6,8,15,18H,3-4,7,9-12H2,1-2H3,(H,20,21). The summed E-state index contributed by atoms with van der Waals surface area (Å²) in [5.41, 5.74) is 4.08. The van der Waals surface area contributed by atoms with Crippen LogP contribution in [-0.2, 0) is 11.3 Å². The lowest BCUT2D eigenvalue weighted by Crippen LogP contribution is -2.40. The number of likely N-dealkylation sites (tertiary alicyclic amines) is 1. The van der Waals surface area contributed by atoms with Crippen molar-refractivity contribution >= 4 is 5.97 Å². The van der Waals surface area contributed by atoms with Crippen LogP contribution in [0.5, 0.6) is 0 Å². The molecule has 1 unspecified atom stereocenters. The highest BCUT2D eigenvalue weighted by molar-refractivity contribution is 5.68. The number of carboxylic acid groups (broad SMARTS) is 1. The molecule has 1 fully saturated rings. The van der Waals surface area contributed by atoms with E-state index in [0.717, 1.165) is 26.2 Å². The van der Waals surface area contributed by atoms with Gasteiger partial charge in [-0.3, -0.25) is 9.69 Å². The van der Waals surface area contributed by atoms with Crippen LogP contribution in [0.25, 0.3) is 0 Å². The van der Waals surface area contributed by atoms with Gasteiger partial charge in [0.15, 0.2) is 0 Å². The lowest BCUT2D eigenvalue weighted by Gasteiger charge is -2.33. The summed E-state index contributed by atoms with van der Waals surface area (Å²) in [5, 5.41) is 11.7. The minimum atomic E-state index is -0.780. The van der Waals surface area contributed by atoms with Crippen molar-refractivity contribution in [1.29, 1.82) is 0 Å². The first-order chi connectivity index (χ1) is 10.0. The van der Waals surface area contributed by atoms with Crippen molar-refractivity contribution in [1.82, 2.24) is 10.2 Å². The average Bonchev–Trinajstić information content (AvgIpc) is 2.43. The summed E-state index contributed by atoms with van der Waals surface area (Å²) in [6.45, 7) is 8.37. The Hall–Kier alpha value is -1.39. The molecule has 1 aromatic carbocycles. The van der Waals surface area contributed by atoms with E-state index in [1.54, 1.807) is 0 Å². The molecule has 0 spiro atoms. The summed E-state index contributed by atoms with van der Waals surface area (Å²) in [6.07, 6.45) is 2.39. The van der Waals surface area contributed by atoms with E-state index in [4.69, 9.17) is 5.11 Å². The number of carbonyl (C=O) groups is 1. The Morgan fingerprint density at radius 1 is 1.43 bits per heavy atom. The van der Waals surface area contributed by atoms with Crippen LogP contribution in [0.1, 0.15) is 29.5 Å². The molecule has 0 aliphatic carbocycles. The molecule has 0 saturated carbocycles. The van der Waals surface area contributed by atoms with Gasteiger partial charge < -0.3 is 10.4 Å². The van der Waals surface area contributed by atoms with Gasteiger partial charge in [0.25, 0.3) is 0 Å². The van der Waals surface area contributed by atoms with Crippen LogP contribution in [0.15, 0.2) is 18.2 Å². The molecule has 116 valence electrons. The maximum absolute atomic E-state index is 10.5. The highest BCUT2D eigenvalue weighted by atomic mass is 16.4. The van der Waals surface area contributed by atoms with Crippen LogP contribution in [0.4, 0.5) is 0 Å². The van der Waals surface area contributed by atoms with Gasteiger partial charge in [-0.1, -0.05) is 23.8 Å². The van der Waals surface area contributed by atoms with E-state index >= 15 is 0 Å². The number of carboxylic acids is 1. The number of rotatable bonds is 6. The molecule has 0 radical (unpaired) electrons. The van der Waals surface area contributed by atoms with Gasteiger partial charge in [0.2, 0.25) is 0 Å². The number of hydrogen-bond donors (Lipinski definition) is 2. The Morgan fingerprint density at radius 3 is 3.00 bits per heavy atom. The second-order valence-corrected chi connectivity index (χ2v) is 6.20. The number of hydrogen-bond acceptors (Lipinski definition) is 3. The molecule has 4 heteroatoms. The van der Waals surface area contributed by atoms with E-state index in [2.05, 4.69) is 42.3 Å². The summed E-state index contributed by atoms with van der Waals surface area (Å²) in [5.74, 6) is -0.221. The molecule has 1 heterocycles. The summed E-state index contributed by atoms with van der Waals surface area (Å²) < 4.78 is 0. The third-order valence-electron chi connectivity index (χ3n) is 4.21. The fourth-order valence-corrected chi connectivity index (χ4v) is 3.06. The van der Waals surface area contributed by atoms with E-state index in [-0.39, 0.29) is 6.54 Å². The van der Waals surface area contributed by atoms with Gasteiger partial charge >= 0.3 is 5.97 Å². The summed E-state index contributed by atoms with van der Waals surface area (Å²) in [4.78, 5) is 13.0. The smallest absolute Gasteiger partial charge is 0.317 e. The zero-order valence-corrected chi connectivity index (χ0v) is 13.1. The fourth-order valence-electron chi connectivity index (χ4n) is 3.06. The SMILES string of the molecule is Cc1ccc(C)c(CN2CCCC(CNCC(=O)O)C2)c1. The van der Waals surface area contributed by atoms with E-state index in [1.165, 1.54) is 29.5 Å². The summed E-state index contributed by atoms with van der Waals surface area (Å²) in [7, 11) is 0. The van der Waals surface area contributed by atoms with E-state index < -0.39 is 5.97 Å². The first-order valence-electron chi connectivity index (χ1n) is 7.75. The second-order valence-electron chi connectivity index (χ2n) is 6.20. The molecule has 21 heavy (non-hydrogen) atoms. The van der Waals surface area contributed by atoms with Gasteiger partial charge in [-0.05, 0) is 56.8 Å². The number of aliphatic carboxylic acids is 1. The van der Waals surface area contributed by atoms with E-state index in [0.29, 0.717) is 5.92 Å². The van der Waals surface area contributed by atoms with Gasteiger partial charge in [-0.2, -0.15) is 0 Å². The van der Waals surface area contributed by atoms with Crippen LogP contribution in [0.2, 0.25) is 0 Å². The van der Waals surface area contributed by atoms with Gasteiger partial charge in [-0.25, -0.2) is 0 Å². The van der Waals surface area contributed by atoms with Crippen molar-refractivity contribution in [3.8, 4) is 0 Å². The van der Waals surface area contributed by atoms with Gasteiger partial charge in [-0.15, -0.1) is 0 Å². The molecule has 2 rings (SSSR count). The highest BCUT2D eigenvalue weighted by Gasteiger charge is 2.20. The molecule has 2 N–H and O–H groups in total. The number of piperidine rings is 1. The van der Waals surface area contributed by atoms with Crippen molar-refractivity contribution in [2.24, 2.45) is 5.92 Å². The summed E-state index contributed by atoms with van der Waals surface area (Å²) in [6, 6.07) is 6.63. The average molecular weight is 290 g/mol. The Bertz CT molecular complexity index is 488. The lowest BCUT2D eigenvalue weighted by atomic mass is 9.96. The third-order valence-corrected chi connectivity index (χ3v) is 4.21. The Kier molecular flexibility index (Phi) is 5.76. The lowest BCUT2D eigenvalue weighted by molar-refractivity contribution is -0.136. The quantitative estimate of drug-likeness (QED) is 0.843. The van der Waals surface area contributed by atoms with Crippen LogP contribution in [-0.4, -0.2) is 42.2 Å². The molecule has 1 aromatic rings. The molecule has 0 bridgehead atoms. The first-order valence-corrected chi connectivity index (χ1v) is 7.75. The van der Waals surface area contributed by atoms with Crippen LogP contribution in [0.3, 0.4) is 0 Å². The number of nitrogens with one attached hydrogen (secondary N) is 1. The van der Waals surface area contributed by atoms with Gasteiger partial charge in [0.1, 0.15) is 0 Å². The molecule has 4 nitrogen and oxygen atoms in total. The number of benzene rings is 1. The topological polar surface area (TPSA) is 52.6 Å². The Balaban J connectivity index is 1.86. The molecule has 1 aliphatic rings. The maximum atomic E-state index is 10.5. The minimum absolute atomic E-state index is 0.0630. The number of aryl methyl sites for hydroxylation is 2. The van der Waals surface area contributed by atoms with Gasteiger partial charge in [0.05, 0.1) is 6.54 Å². The minimum Gasteiger partial charge on any atom is -0.480 e. The molecule has 1 saturated heterocycles. The predicted octanol–water partition coefficient (Wildman–Crippen LogP) is 2.19. The van der Waals surface area contributed by atoms with E-state index in [9.17, 15) is 4.79 Å². The number of nitrogens with zero attached hydrogens (tertiary/aromatic N) is 1. The predicted molar refractivity (Wildman–Crippen MR) is 84.4 cm³/mol. The first kappa shape index (κ1) is 16.0. The van der Waals surface area contributed by atoms with Crippen molar-refractivity contribution in [3.63, 3.8) is 0 Å². The van der Waals surface area contributed by atoms with Crippen LogP contribution < -0.4 is 5.32 Å². The van der Waals surface area contributed by atoms with Crippen LogP contribution in [0, 0.1) is 19.8 Å². The molecular formula is C17H26N2O2. The van der Waals surface area contributed by atoms with Crippen molar-refractivity contribution in [2.75, 3.05) is 26.2 Å². The van der Waals surface area contributed by atoms with Gasteiger partial charge in [0, 0.05) is 13.1 Å². The van der Waals surface area contributed by atoms with E-state index in [1.807, 2.05) is 0 Å². The Morgan fingerprint density at radius 2 is 2.24 bits per heavy atom. The maximum Gasteiger partial charge on any atom is 0.317 e. The Labute approximate surface area is 127 Å². The monoisotopic (exact) mass is 290 g/mol. The molecule has 1 aliphatic heterocycles. The zero-order chi connectivity index (χ0) is 15.2. The third kappa shape index (κ3) is 5.14. The molecule has 1 atom stereocenters. The molecule has 0 aromatic heterocycles.